The molecule has 0 amide bonds. The molecule has 4 rings (SSSR count). The van der Waals surface area contributed by atoms with Gasteiger partial charge in [-0.25, -0.2) is 8.78 Å². The van der Waals surface area contributed by atoms with E-state index in [0.29, 0.717) is 6.04 Å². The molecule has 0 aromatic heterocycles. The topological polar surface area (TPSA) is 151 Å². The first kappa shape index (κ1) is 26.3. The second kappa shape index (κ2) is 11.0. The minimum absolute atomic E-state index is 0.200. The Morgan fingerprint density at radius 3 is 1.97 bits per heavy atom. The molecule has 1 aliphatic heterocycles. The van der Waals surface area contributed by atoms with Gasteiger partial charge in [0.05, 0.1) is 24.5 Å². The normalized spacial score (nSPS) is 14.8. The number of quaternary nitrogens is 1. The van der Waals surface area contributed by atoms with Crippen LogP contribution in [0.5, 0.6) is 0 Å². The summed E-state index contributed by atoms with van der Waals surface area (Å²) in [6, 6.07) is 24.2. The molecule has 0 bridgehead atoms. The summed E-state index contributed by atoms with van der Waals surface area (Å²) in [6.45, 7) is 1.87. The third-order valence-electron chi connectivity index (χ3n) is 5.64. The predicted molar refractivity (Wildman–Crippen MR) is 119 cm³/mol. The van der Waals surface area contributed by atoms with Crippen molar-refractivity contribution in [2.75, 3.05) is 11.4 Å². The molecule has 0 saturated carbocycles. The summed E-state index contributed by atoms with van der Waals surface area (Å²) in [5, 5.41) is 28.7. The quantitative estimate of drug-likeness (QED) is 0.413. The van der Waals surface area contributed by atoms with Gasteiger partial charge >= 0.3 is 0 Å². The predicted octanol–water partition coefficient (Wildman–Crippen LogP) is -1.39. The number of anilines is 1. The highest BCUT2D eigenvalue weighted by molar-refractivity contribution is 6.18. The van der Waals surface area contributed by atoms with Crippen molar-refractivity contribution in [2.45, 2.75) is 24.7 Å². The Labute approximate surface area is 205 Å². The Bertz CT molecular complexity index is 1220. The molecule has 36 heavy (non-hydrogen) atoms. The number of carboxylic acid groups (broad SMARTS) is 3. The largest absolute Gasteiger partial charge is 0.546 e. The van der Waals surface area contributed by atoms with Gasteiger partial charge in [0.1, 0.15) is 11.9 Å². The number of hydrogen-bond donors (Lipinski definition) is 1. The van der Waals surface area contributed by atoms with Crippen molar-refractivity contribution >= 4 is 23.6 Å². The molecule has 3 N–H and O–H groups in total. The van der Waals surface area contributed by atoms with Crippen molar-refractivity contribution in [1.29, 1.82) is 0 Å². The maximum absolute atomic E-state index is 13.2. The van der Waals surface area contributed by atoms with Crippen molar-refractivity contribution in [2.24, 2.45) is 0 Å². The fourth-order valence-corrected chi connectivity index (χ4v) is 3.87. The van der Waals surface area contributed by atoms with E-state index in [-0.39, 0.29) is 5.82 Å². The van der Waals surface area contributed by atoms with Gasteiger partial charge in [0.2, 0.25) is 5.67 Å². The molecule has 10 heteroatoms. The summed E-state index contributed by atoms with van der Waals surface area (Å²) in [6.07, 6.45) is 0.982. The third-order valence-corrected chi connectivity index (χ3v) is 5.64. The highest BCUT2D eigenvalue weighted by atomic mass is 19.1. The Morgan fingerprint density at radius 2 is 1.44 bits per heavy atom. The number of carboxylic acids is 3. The molecule has 1 heterocycles. The van der Waals surface area contributed by atoms with Gasteiger partial charge in [0.15, 0.2) is 0 Å². The van der Waals surface area contributed by atoms with Crippen LogP contribution in [0.25, 0.3) is 11.1 Å². The van der Waals surface area contributed by atoms with Crippen LogP contribution in [-0.2, 0) is 27.3 Å². The van der Waals surface area contributed by atoms with E-state index in [1.807, 2.05) is 18.2 Å². The molecule has 188 valence electrons. The van der Waals surface area contributed by atoms with Crippen LogP contribution in [0.3, 0.4) is 0 Å². The Balaban J connectivity index is 0.000000280. The van der Waals surface area contributed by atoms with Gasteiger partial charge in [0, 0.05) is 18.7 Å². The molecule has 1 aliphatic rings. The second-order valence-corrected chi connectivity index (χ2v) is 8.31. The standard InChI is InChI=1S/C22H21FN2.C4H3FO6/c23-20-9-6-17(7-10-20)18-8-11-22-19(12-18)13-21(24)15-25(22)14-16-4-2-1-3-5-16;5-4(1(6)7,2(8)9)3(10)11/h1-12,21H,13-15,24H2;(H,6,7)(H,8,9)(H,10,11)/p-2. The molecule has 0 saturated heterocycles. The summed E-state index contributed by atoms with van der Waals surface area (Å²) < 4.78 is 25.3. The molecule has 3 aromatic carbocycles. The minimum atomic E-state index is -4.58. The van der Waals surface area contributed by atoms with Gasteiger partial charge in [0.25, 0.3) is 0 Å². The maximum atomic E-state index is 13.2. The Morgan fingerprint density at radius 1 is 0.889 bits per heavy atom. The SMILES string of the molecule is O=C([O-])C(F)(C(=O)[O-])C(=O)[O-].[NH3+]C1Cc2cc(-c3ccc(F)cc3)ccc2N(Cc2ccccc2)C1. The summed E-state index contributed by atoms with van der Waals surface area (Å²) in [5.41, 5.74) is 5.83. The Hall–Kier alpha value is -4.31. The summed E-state index contributed by atoms with van der Waals surface area (Å²) >= 11 is 0. The van der Waals surface area contributed by atoms with E-state index >= 15 is 0 Å². The van der Waals surface area contributed by atoms with Crippen LogP contribution in [0.4, 0.5) is 14.5 Å². The maximum Gasteiger partial charge on any atom is 0.228 e. The van der Waals surface area contributed by atoms with Crippen molar-refractivity contribution in [3.63, 3.8) is 0 Å². The summed E-state index contributed by atoms with van der Waals surface area (Å²) in [7, 11) is 0. The number of carbonyl (C=O) groups is 3. The number of halogens is 2. The average Bonchev–Trinajstić information content (AvgIpc) is 2.84. The lowest BCUT2D eigenvalue weighted by atomic mass is 9.94. The molecule has 0 spiro atoms. The number of hydrogen-bond acceptors (Lipinski definition) is 7. The number of aliphatic carboxylic acids is 3. The van der Waals surface area contributed by atoms with E-state index in [1.165, 1.54) is 28.9 Å². The molecule has 0 radical (unpaired) electrons. The van der Waals surface area contributed by atoms with Crippen molar-refractivity contribution in [3.8, 4) is 11.1 Å². The Kier molecular flexibility index (Phi) is 8.00. The van der Waals surface area contributed by atoms with Gasteiger partial charge in [-0.1, -0.05) is 48.5 Å². The van der Waals surface area contributed by atoms with Crippen LogP contribution in [0.1, 0.15) is 11.1 Å². The van der Waals surface area contributed by atoms with Crippen LogP contribution in [-0.4, -0.2) is 36.2 Å². The zero-order valence-corrected chi connectivity index (χ0v) is 19.0. The fourth-order valence-electron chi connectivity index (χ4n) is 3.87. The first-order chi connectivity index (χ1) is 17.0. The van der Waals surface area contributed by atoms with E-state index in [2.05, 4.69) is 53.1 Å². The number of carbonyl (C=O) groups excluding carboxylic acids is 3. The highest BCUT2D eigenvalue weighted by Gasteiger charge is 2.35. The monoisotopic (exact) mass is 496 g/mol. The fraction of sp³-hybridized carbons (Fsp3) is 0.192. The van der Waals surface area contributed by atoms with Gasteiger partial charge < -0.3 is 40.3 Å². The van der Waals surface area contributed by atoms with E-state index in [0.717, 1.165) is 30.6 Å². The minimum Gasteiger partial charge on any atom is -0.546 e. The van der Waals surface area contributed by atoms with E-state index in [9.17, 15) is 38.5 Å². The molecular weight excluding hydrogens is 474 g/mol. The van der Waals surface area contributed by atoms with Crippen LogP contribution in [0, 0.1) is 5.82 Å². The third kappa shape index (κ3) is 5.84. The van der Waals surface area contributed by atoms with E-state index < -0.39 is 23.6 Å². The highest BCUT2D eigenvalue weighted by Crippen LogP contribution is 2.32. The lowest BCUT2D eigenvalue weighted by molar-refractivity contribution is -0.416. The van der Waals surface area contributed by atoms with Crippen molar-refractivity contribution in [3.05, 3.63) is 89.7 Å². The van der Waals surface area contributed by atoms with Crippen molar-refractivity contribution < 1.29 is 44.2 Å². The molecular formula is C26H22F2N2O6-2. The van der Waals surface area contributed by atoms with Crippen LogP contribution < -0.4 is 26.0 Å². The van der Waals surface area contributed by atoms with Gasteiger partial charge in [-0.3, -0.25) is 0 Å². The lowest BCUT2D eigenvalue weighted by Crippen LogP contribution is -2.67. The van der Waals surface area contributed by atoms with Gasteiger partial charge in [-0.2, -0.15) is 0 Å². The number of fused-ring (bicyclic) bond motifs is 1. The zero-order valence-electron chi connectivity index (χ0n) is 19.0. The lowest BCUT2D eigenvalue weighted by Gasteiger charge is -2.33. The van der Waals surface area contributed by atoms with Crippen molar-refractivity contribution in [1.82, 2.24) is 0 Å². The van der Waals surface area contributed by atoms with Crippen LogP contribution in [0.15, 0.2) is 72.8 Å². The summed E-state index contributed by atoms with van der Waals surface area (Å²) in [5.74, 6) is -9.00. The zero-order chi connectivity index (χ0) is 26.5. The number of alkyl halides is 1. The van der Waals surface area contributed by atoms with Gasteiger partial charge in [-0.15, -0.1) is 0 Å². The smallest absolute Gasteiger partial charge is 0.228 e. The first-order valence-corrected chi connectivity index (χ1v) is 10.9. The first-order valence-electron chi connectivity index (χ1n) is 10.9. The molecule has 3 aromatic rings. The number of benzene rings is 3. The number of rotatable bonds is 6. The number of nitrogens with zero attached hydrogens (tertiary/aromatic N) is 1. The van der Waals surface area contributed by atoms with E-state index in [4.69, 9.17) is 0 Å². The molecule has 1 unspecified atom stereocenters. The average molecular weight is 496 g/mol. The molecule has 1 atom stereocenters. The molecule has 8 nitrogen and oxygen atoms in total. The van der Waals surface area contributed by atoms with Crippen LogP contribution in [0.2, 0.25) is 0 Å². The molecule has 0 fully saturated rings. The molecule has 0 aliphatic carbocycles. The van der Waals surface area contributed by atoms with E-state index in [1.54, 1.807) is 0 Å². The van der Waals surface area contributed by atoms with Crippen LogP contribution >= 0.6 is 0 Å². The van der Waals surface area contributed by atoms with Gasteiger partial charge in [-0.05, 0) is 46.5 Å². The second-order valence-electron chi connectivity index (χ2n) is 8.31. The summed E-state index contributed by atoms with van der Waals surface area (Å²) in [4.78, 5) is 31.1.